The molecule has 1 heterocycles. The van der Waals surface area contributed by atoms with Crippen LogP contribution in [0.15, 0.2) is 6.07 Å². The Labute approximate surface area is 116 Å². The second-order valence-corrected chi connectivity index (χ2v) is 4.29. The van der Waals surface area contributed by atoms with E-state index in [4.69, 9.17) is 10.00 Å². The third kappa shape index (κ3) is 3.60. The van der Waals surface area contributed by atoms with E-state index in [0.717, 1.165) is 0 Å². The van der Waals surface area contributed by atoms with Crippen LogP contribution in [0.3, 0.4) is 0 Å². The number of rotatable bonds is 4. The van der Waals surface area contributed by atoms with Gasteiger partial charge in [0.05, 0.1) is 18.6 Å². The molecule has 4 nitrogen and oxygen atoms in total. The van der Waals surface area contributed by atoms with Gasteiger partial charge in [0.25, 0.3) is 6.43 Å². The number of carbonyl (C=O) groups excluding carboxylic acids is 1. The van der Waals surface area contributed by atoms with Gasteiger partial charge in [-0.15, -0.1) is 0 Å². The predicted molar refractivity (Wildman–Crippen MR) is 67.0 cm³/mol. The van der Waals surface area contributed by atoms with Crippen molar-refractivity contribution in [2.45, 2.75) is 19.8 Å². The van der Waals surface area contributed by atoms with Crippen molar-refractivity contribution in [3.05, 3.63) is 26.6 Å². The van der Waals surface area contributed by atoms with Crippen LogP contribution in [0.1, 0.15) is 30.2 Å². The lowest BCUT2D eigenvalue weighted by atomic mass is 10.1. The summed E-state index contributed by atoms with van der Waals surface area (Å²) in [5.74, 6) is -0.606. The van der Waals surface area contributed by atoms with Crippen LogP contribution in [-0.2, 0) is 16.0 Å². The molecule has 96 valence electrons. The van der Waals surface area contributed by atoms with Gasteiger partial charge in [0.1, 0.15) is 15.5 Å². The fourth-order valence-electron chi connectivity index (χ4n) is 1.37. The molecule has 0 saturated heterocycles. The number of halogens is 3. The number of hydrogen-bond donors (Lipinski definition) is 0. The SMILES string of the molecule is CCOC(=O)Cc1cc(C#N)nc(I)c1C(F)F. The Balaban J connectivity index is 3.18. The lowest BCUT2D eigenvalue weighted by Crippen LogP contribution is -2.11. The van der Waals surface area contributed by atoms with Gasteiger partial charge < -0.3 is 4.74 Å². The number of hydrogen-bond acceptors (Lipinski definition) is 4. The molecule has 1 aromatic rings. The van der Waals surface area contributed by atoms with E-state index in [0.29, 0.717) is 0 Å². The smallest absolute Gasteiger partial charge is 0.310 e. The fourth-order valence-corrected chi connectivity index (χ4v) is 2.22. The van der Waals surface area contributed by atoms with Crippen LogP contribution >= 0.6 is 22.6 Å². The average molecular weight is 366 g/mol. The number of nitrogens with zero attached hydrogens (tertiary/aromatic N) is 2. The minimum Gasteiger partial charge on any atom is -0.466 e. The Morgan fingerprint density at radius 1 is 1.67 bits per heavy atom. The number of alkyl halides is 2. The van der Waals surface area contributed by atoms with Crippen molar-refractivity contribution in [2.75, 3.05) is 6.61 Å². The minimum atomic E-state index is -2.75. The molecule has 0 N–H and O–H groups in total. The van der Waals surface area contributed by atoms with Gasteiger partial charge in [-0.25, -0.2) is 13.8 Å². The zero-order valence-corrected chi connectivity index (χ0v) is 11.6. The summed E-state index contributed by atoms with van der Waals surface area (Å²) in [5, 5.41) is 8.73. The van der Waals surface area contributed by atoms with Crippen LogP contribution < -0.4 is 0 Å². The number of carbonyl (C=O) groups is 1. The van der Waals surface area contributed by atoms with E-state index < -0.39 is 12.4 Å². The molecule has 0 aliphatic heterocycles. The molecular weight excluding hydrogens is 357 g/mol. The van der Waals surface area contributed by atoms with E-state index in [2.05, 4.69) is 4.98 Å². The molecule has 0 atom stereocenters. The van der Waals surface area contributed by atoms with E-state index in [1.54, 1.807) is 35.6 Å². The normalized spacial score (nSPS) is 10.2. The molecule has 0 aromatic carbocycles. The van der Waals surface area contributed by atoms with Gasteiger partial charge in [0.15, 0.2) is 0 Å². The molecular formula is C11H9F2IN2O2. The van der Waals surface area contributed by atoms with Crippen LogP contribution in [0.4, 0.5) is 8.78 Å². The van der Waals surface area contributed by atoms with E-state index in [9.17, 15) is 13.6 Å². The fraction of sp³-hybridized carbons (Fsp3) is 0.364. The van der Waals surface area contributed by atoms with Crippen molar-refractivity contribution in [1.82, 2.24) is 4.98 Å². The molecule has 1 aromatic heterocycles. The Hall–Kier alpha value is -1.30. The summed E-state index contributed by atoms with van der Waals surface area (Å²) < 4.78 is 30.5. The van der Waals surface area contributed by atoms with E-state index in [1.807, 2.05) is 0 Å². The number of nitriles is 1. The van der Waals surface area contributed by atoms with Gasteiger partial charge in [-0.05, 0) is 41.1 Å². The lowest BCUT2D eigenvalue weighted by Gasteiger charge is -2.10. The largest absolute Gasteiger partial charge is 0.466 e. The third-order valence-electron chi connectivity index (χ3n) is 2.07. The van der Waals surface area contributed by atoms with Gasteiger partial charge >= 0.3 is 5.97 Å². The van der Waals surface area contributed by atoms with Crippen LogP contribution in [0.2, 0.25) is 0 Å². The number of pyridine rings is 1. The van der Waals surface area contributed by atoms with Crippen molar-refractivity contribution >= 4 is 28.6 Å². The van der Waals surface area contributed by atoms with Gasteiger partial charge in [-0.3, -0.25) is 4.79 Å². The number of ether oxygens (including phenoxy) is 1. The van der Waals surface area contributed by atoms with E-state index in [1.165, 1.54) is 6.07 Å². The molecule has 0 radical (unpaired) electrons. The van der Waals surface area contributed by atoms with E-state index >= 15 is 0 Å². The third-order valence-corrected chi connectivity index (χ3v) is 2.89. The summed E-state index contributed by atoms with van der Waals surface area (Å²) >= 11 is 1.62. The highest BCUT2D eigenvalue weighted by Crippen LogP contribution is 2.28. The van der Waals surface area contributed by atoms with Crippen LogP contribution in [0, 0.1) is 15.0 Å². The van der Waals surface area contributed by atoms with Crippen LogP contribution in [0.25, 0.3) is 0 Å². The molecule has 1 rings (SSSR count). The first-order chi connectivity index (χ1) is 8.49. The Kier molecular flexibility index (Phi) is 5.40. The Bertz CT molecular complexity index is 501. The second kappa shape index (κ2) is 6.58. The average Bonchev–Trinajstić information content (AvgIpc) is 2.27. The maximum atomic E-state index is 12.9. The number of esters is 1. The second-order valence-electron chi connectivity index (χ2n) is 3.27. The summed E-state index contributed by atoms with van der Waals surface area (Å²) in [6.45, 7) is 1.80. The molecule has 0 spiro atoms. The highest BCUT2D eigenvalue weighted by Gasteiger charge is 2.21. The highest BCUT2D eigenvalue weighted by atomic mass is 127. The summed E-state index contributed by atoms with van der Waals surface area (Å²) in [6.07, 6.45) is -3.04. The minimum absolute atomic E-state index is 0.00287. The maximum absolute atomic E-state index is 12.9. The van der Waals surface area contributed by atoms with Gasteiger partial charge in [0, 0.05) is 0 Å². The maximum Gasteiger partial charge on any atom is 0.310 e. The van der Waals surface area contributed by atoms with Crippen molar-refractivity contribution in [3.8, 4) is 6.07 Å². The summed E-state index contributed by atoms with van der Waals surface area (Å²) in [4.78, 5) is 15.0. The summed E-state index contributed by atoms with van der Waals surface area (Å²) in [5.41, 5.74) is -0.231. The first-order valence-corrected chi connectivity index (χ1v) is 6.10. The molecule has 18 heavy (non-hydrogen) atoms. The summed E-state index contributed by atoms with van der Waals surface area (Å²) in [6, 6.07) is 2.96. The molecule has 0 aliphatic carbocycles. The molecule has 7 heteroatoms. The summed E-state index contributed by atoms with van der Waals surface area (Å²) in [7, 11) is 0. The monoisotopic (exact) mass is 366 g/mol. The lowest BCUT2D eigenvalue weighted by molar-refractivity contribution is -0.142. The molecule has 0 unspecified atom stereocenters. The molecule has 0 bridgehead atoms. The zero-order valence-electron chi connectivity index (χ0n) is 9.41. The molecule has 0 aliphatic rings. The van der Waals surface area contributed by atoms with Crippen LogP contribution in [-0.4, -0.2) is 17.6 Å². The molecule has 0 amide bonds. The standard InChI is InChI=1S/C11H9F2IN2O2/c1-2-18-8(17)4-6-3-7(5-15)16-11(14)9(6)10(12)13/h3,10H,2,4H2,1H3. The molecule has 0 saturated carbocycles. The first kappa shape index (κ1) is 14.8. The predicted octanol–water partition coefficient (Wildman–Crippen LogP) is 2.60. The van der Waals surface area contributed by atoms with Crippen molar-refractivity contribution in [1.29, 1.82) is 5.26 Å². The zero-order chi connectivity index (χ0) is 13.7. The van der Waals surface area contributed by atoms with Crippen molar-refractivity contribution < 1.29 is 18.3 Å². The highest BCUT2D eigenvalue weighted by molar-refractivity contribution is 14.1. The van der Waals surface area contributed by atoms with Gasteiger partial charge in [0.2, 0.25) is 0 Å². The van der Waals surface area contributed by atoms with Gasteiger partial charge in [-0.1, -0.05) is 0 Å². The Morgan fingerprint density at radius 3 is 2.83 bits per heavy atom. The molecule has 0 fully saturated rings. The van der Waals surface area contributed by atoms with Gasteiger partial charge in [-0.2, -0.15) is 5.26 Å². The quantitative estimate of drug-likeness (QED) is 0.467. The number of aromatic nitrogens is 1. The van der Waals surface area contributed by atoms with Crippen molar-refractivity contribution in [2.24, 2.45) is 0 Å². The Morgan fingerprint density at radius 2 is 2.33 bits per heavy atom. The topological polar surface area (TPSA) is 63.0 Å². The van der Waals surface area contributed by atoms with Crippen molar-refractivity contribution in [3.63, 3.8) is 0 Å². The first-order valence-electron chi connectivity index (χ1n) is 5.02. The van der Waals surface area contributed by atoms with Crippen LogP contribution in [0.5, 0.6) is 0 Å². The van der Waals surface area contributed by atoms with E-state index in [-0.39, 0.29) is 33.5 Å².